The first-order chi connectivity index (χ1) is 4.13. The predicted octanol–water partition coefficient (Wildman–Crippen LogP) is 0.117. The van der Waals surface area contributed by atoms with Crippen LogP contribution in [-0.4, -0.2) is 17.0 Å². The minimum atomic E-state index is 0.0718. The van der Waals surface area contributed by atoms with E-state index in [1.54, 1.807) is 0 Å². The smallest absolute Gasteiger partial charge is 0.239 e. The standard InChI is InChI=1S/C6H12N2O/c1-4-3-5(2)8(7)6(4)9/h4-5H,3,7H2,1-2H3. The SMILES string of the molecule is CC1CC(C)N(N)C1=O. The van der Waals surface area contributed by atoms with Crippen LogP contribution in [0.15, 0.2) is 0 Å². The van der Waals surface area contributed by atoms with Gasteiger partial charge in [0.05, 0.1) is 0 Å². The van der Waals surface area contributed by atoms with E-state index in [1.807, 2.05) is 13.8 Å². The average molecular weight is 128 g/mol. The minimum absolute atomic E-state index is 0.0718. The Hall–Kier alpha value is -0.570. The highest BCUT2D eigenvalue weighted by atomic mass is 16.2. The summed E-state index contributed by atoms with van der Waals surface area (Å²) < 4.78 is 0. The van der Waals surface area contributed by atoms with Gasteiger partial charge in [-0.05, 0) is 13.3 Å². The third kappa shape index (κ3) is 0.920. The normalized spacial score (nSPS) is 35.9. The molecule has 0 spiro atoms. The second-order valence-corrected chi connectivity index (χ2v) is 2.73. The Balaban J connectivity index is 2.65. The van der Waals surface area contributed by atoms with Gasteiger partial charge in [0.2, 0.25) is 5.91 Å². The van der Waals surface area contributed by atoms with Crippen LogP contribution in [0.1, 0.15) is 20.3 Å². The average Bonchev–Trinajstić information content (AvgIpc) is 1.98. The number of nitrogens with zero attached hydrogens (tertiary/aromatic N) is 1. The molecule has 1 fully saturated rings. The summed E-state index contributed by atoms with van der Waals surface area (Å²) in [6, 6.07) is 0.229. The van der Waals surface area contributed by atoms with E-state index in [0.29, 0.717) is 0 Å². The number of nitrogens with two attached hydrogens (primary N) is 1. The fraction of sp³-hybridized carbons (Fsp3) is 0.833. The largest absolute Gasteiger partial charge is 0.278 e. The molecule has 1 aliphatic heterocycles. The summed E-state index contributed by atoms with van der Waals surface area (Å²) in [5, 5.41) is 1.32. The maximum atomic E-state index is 10.9. The Bertz CT molecular complexity index is 135. The molecule has 0 aromatic carbocycles. The second kappa shape index (κ2) is 1.99. The van der Waals surface area contributed by atoms with E-state index in [4.69, 9.17) is 5.84 Å². The van der Waals surface area contributed by atoms with Gasteiger partial charge in [0.25, 0.3) is 0 Å². The van der Waals surface area contributed by atoms with Gasteiger partial charge in [-0.25, -0.2) is 5.84 Å². The van der Waals surface area contributed by atoms with Gasteiger partial charge in [-0.3, -0.25) is 9.80 Å². The molecule has 1 amide bonds. The number of amides is 1. The van der Waals surface area contributed by atoms with Crippen LogP contribution in [0.2, 0.25) is 0 Å². The van der Waals surface area contributed by atoms with Crippen LogP contribution in [-0.2, 0) is 4.79 Å². The summed E-state index contributed by atoms with van der Waals surface area (Å²) in [7, 11) is 0. The van der Waals surface area contributed by atoms with Crippen molar-refractivity contribution in [2.75, 3.05) is 0 Å². The fourth-order valence-electron chi connectivity index (χ4n) is 1.20. The molecule has 9 heavy (non-hydrogen) atoms. The first-order valence-corrected chi connectivity index (χ1v) is 3.20. The third-order valence-electron chi connectivity index (χ3n) is 1.85. The van der Waals surface area contributed by atoms with Crippen LogP contribution >= 0.6 is 0 Å². The number of hydrazine groups is 1. The van der Waals surface area contributed by atoms with Crippen molar-refractivity contribution < 1.29 is 4.79 Å². The molecule has 1 saturated heterocycles. The van der Waals surface area contributed by atoms with Gasteiger partial charge in [-0.15, -0.1) is 0 Å². The first kappa shape index (κ1) is 6.55. The molecular formula is C6H12N2O. The lowest BCUT2D eigenvalue weighted by Gasteiger charge is -2.12. The summed E-state index contributed by atoms with van der Waals surface area (Å²) >= 11 is 0. The summed E-state index contributed by atoms with van der Waals surface area (Å²) in [6.45, 7) is 3.87. The van der Waals surface area contributed by atoms with E-state index in [0.717, 1.165) is 6.42 Å². The molecule has 3 nitrogen and oxygen atoms in total. The molecule has 1 rings (SSSR count). The zero-order valence-corrected chi connectivity index (χ0v) is 5.79. The van der Waals surface area contributed by atoms with Crippen LogP contribution in [0.4, 0.5) is 0 Å². The van der Waals surface area contributed by atoms with Crippen molar-refractivity contribution >= 4 is 5.91 Å². The van der Waals surface area contributed by atoms with Crippen LogP contribution < -0.4 is 5.84 Å². The molecule has 3 heteroatoms. The number of hydrogen-bond acceptors (Lipinski definition) is 2. The maximum Gasteiger partial charge on any atom is 0.239 e. The molecular weight excluding hydrogens is 116 g/mol. The van der Waals surface area contributed by atoms with Crippen molar-refractivity contribution in [1.29, 1.82) is 0 Å². The van der Waals surface area contributed by atoms with Gasteiger partial charge >= 0.3 is 0 Å². The van der Waals surface area contributed by atoms with E-state index < -0.39 is 0 Å². The Labute approximate surface area is 54.8 Å². The summed E-state index contributed by atoms with van der Waals surface area (Å²) in [4.78, 5) is 10.9. The van der Waals surface area contributed by atoms with Crippen LogP contribution in [0, 0.1) is 5.92 Å². The van der Waals surface area contributed by atoms with Gasteiger partial charge in [-0.2, -0.15) is 0 Å². The Morgan fingerprint density at radius 1 is 1.67 bits per heavy atom. The van der Waals surface area contributed by atoms with Crippen molar-refractivity contribution in [3.05, 3.63) is 0 Å². The molecule has 0 aromatic heterocycles. The van der Waals surface area contributed by atoms with Gasteiger partial charge in [-0.1, -0.05) is 6.92 Å². The van der Waals surface area contributed by atoms with E-state index >= 15 is 0 Å². The van der Waals surface area contributed by atoms with Gasteiger partial charge in [0, 0.05) is 12.0 Å². The summed E-state index contributed by atoms with van der Waals surface area (Å²) in [5.41, 5.74) is 0. The molecule has 52 valence electrons. The van der Waals surface area contributed by atoms with Gasteiger partial charge < -0.3 is 0 Å². The van der Waals surface area contributed by atoms with Gasteiger partial charge in [0.15, 0.2) is 0 Å². The third-order valence-corrected chi connectivity index (χ3v) is 1.85. The molecule has 1 aliphatic rings. The van der Waals surface area contributed by atoms with E-state index in [-0.39, 0.29) is 17.9 Å². The second-order valence-electron chi connectivity index (χ2n) is 2.73. The van der Waals surface area contributed by atoms with Crippen molar-refractivity contribution in [1.82, 2.24) is 5.01 Å². The van der Waals surface area contributed by atoms with Crippen LogP contribution in [0.5, 0.6) is 0 Å². The first-order valence-electron chi connectivity index (χ1n) is 3.20. The quantitative estimate of drug-likeness (QED) is 0.372. The maximum absolute atomic E-state index is 10.9. The lowest BCUT2D eigenvalue weighted by atomic mass is 10.1. The summed E-state index contributed by atoms with van der Waals surface area (Å²) in [6.07, 6.45) is 0.898. The van der Waals surface area contributed by atoms with E-state index in [1.165, 1.54) is 5.01 Å². The number of carbonyl (C=O) groups is 1. The Kier molecular flexibility index (Phi) is 1.45. The van der Waals surface area contributed by atoms with Crippen molar-refractivity contribution in [2.45, 2.75) is 26.3 Å². The Morgan fingerprint density at radius 2 is 2.22 bits per heavy atom. The highest BCUT2D eigenvalue weighted by molar-refractivity contribution is 5.80. The molecule has 2 unspecified atom stereocenters. The summed E-state index contributed by atoms with van der Waals surface area (Å²) in [5.74, 6) is 5.60. The molecule has 2 atom stereocenters. The van der Waals surface area contributed by atoms with Crippen LogP contribution in [0.3, 0.4) is 0 Å². The van der Waals surface area contributed by atoms with E-state index in [2.05, 4.69) is 0 Å². The highest BCUT2D eigenvalue weighted by Crippen LogP contribution is 2.19. The zero-order valence-electron chi connectivity index (χ0n) is 5.79. The van der Waals surface area contributed by atoms with Crippen molar-refractivity contribution in [3.8, 4) is 0 Å². The van der Waals surface area contributed by atoms with E-state index in [9.17, 15) is 4.79 Å². The van der Waals surface area contributed by atoms with Crippen molar-refractivity contribution in [3.63, 3.8) is 0 Å². The Morgan fingerprint density at radius 3 is 2.33 bits per heavy atom. The van der Waals surface area contributed by atoms with Crippen molar-refractivity contribution in [2.24, 2.45) is 11.8 Å². The zero-order chi connectivity index (χ0) is 7.02. The molecule has 2 N–H and O–H groups in total. The van der Waals surface area contributed by atoms with Crippen LogP contribution in [0.25, 0.3) is 0 Å². The monoisotopic (exact) mass is 128 g/mol. The van der Waals surface area contributed by atoms with Gasteiger partial charge in [0.1, 0.15) is 0 Å². The molecule has 0 aromatic rings. The highest BCUT2D eigenvalue weighted by Gasteiger charge is 2.31. The predicted molar refractivity (Wildman–Crippen MR) is 34.3 cm³/mol. The number of rotatable bonds is 0. The lowest BCUT2D eigenvalue weighted by molar-refractivity contribution is -0.131. The topological polar surface area (TPSA) is 46.3 Å². The molecule has 0 radical (unpaired) electrons. The molecule has 0 saturated carbocycles. The lowest BCUT2D eigenvalue weighted by Crippen LogP contribution is -2.38. The fourth-order valence-corrected chi connectivity index (χ4v) is 1.20. The number of carbonyl (C=O) groups excluding carboxylic acids is 1. The number of hydrogen-bond donors (Lipinski definition) is 1. The molecule has 1 heterocycles. The molecule has 0 aliphatic carbocycles. The minimum Gasteiger partial charge on any atom is -0.278 e. The molecule has 0 bridgehead atoms.